The van der Waals surface area contributed by atoms with Gasteiger partial charge in [-0.05, 0) is 55.3 Å². The second-order valence-corrected chi connectivity index (χ2v) is 11.8. The molecule has 0 bridgehead atoms. The maximum atomic E-state index is 13.9. The normalized spacial score (nSPS) is 11.9. The van der Waals surface area contributed by atoms with Gasteiger partial charge in [0.1, 0.15) is 12.6 Å². The molecule has 0 aliphatic heterocycles. The van der Waals surface area contributed by atoms with Crippen LogP contribution < -0.4 is 9.62 Å². The molecule has 212 valence electrons. The van der Waals surface area contributed by atoms with Crippen LogP contribution in [0.15, 0.2) is 88.2 Å². The summed E-state index contributed by atoms with van der Waals surface area (Å²) in [6.07, 6.45) is 1.66. The van der Waals surface area contributed by atoms with Gasteiger partial charge in [-0.15, -0.1) is 0 Å². The van der Waals surface area contributed by atoms with Crippen LogP contribution in [0.2, 0.25) is 0 Å². The van der Waals surface area contributed by atoms with Crippen LogP contribution >= 0.6 is 15.9 Å². The number of halogens is 1. The van der Waals surface area contributed by atoms with Crippen LogP contribution in [0.1, 0.15) is 32.3 Å². The molecule has 3 aromatic carbocycles. The fourth-order valence-corrected chi connectivity index (χ4v) is 5.82. The number of sulfonamides is 1. The second kappa shape index (κ2) is 14.0. The van der Waals surface area contributed by atoms with E-state index in [0.717, 1.165) is 27.2 Å². The van der Waals surface area contributed by atoms with Crippen molar-refractivity contribution in [3.05, 3.63) is 99.0 Å². The molecule has 0 radical (unpaired) electrons. The van der Waals surface area contributed by atoms with Crippen LogP contribution in [0.5, 0.6) is 0 Å². The van der Waals surface area contributed by atoms with Crippen LogP contribution in [0.4, 0.5) is 11.4 Å². The van der Waals surface area contributed by atoms with Gasteiger partial charge in [0.05, 0.1) is 15.5 Å². The third-order valence-electron chi connectivity index (χ3n) is 6.20. The molecule has 3 rings (SSSR count). The Labute approximate surface area is 242 Å². The summed E-state index contributed by atoms with van der Waals surface area (Å²) < 4.78 is 29.1. The molecule has 0 aliphatic rings. The number of carbonyl (C=O) groups excluding carboxylic acids is 2. The largest absolute Gasteiger partial charge is 0.354 e. The lowest BCUT2D eigenvalue weighted by atomic mass is 10.1. The van der Waals surface area contributed by atoms with Crippen molar-refractivity contribution >= 4 is 49.1 Å². The average Bonchev–Trinajstić information content (AvgIpc) is 2.94. The molecule has 3 aromatic rings. The Morgan fingerprint density at radius 2 is 1.70 bits per heavy atom. The number of hydrogen-bond acceptors (Lipinski definition) is 6. The van der Waals surface area contributed by atoms with Crippen molar-refractivity contribution < 1.29 is 22.9 Å². The average molecular weight is 632 g/mol. The lowest BCUT2D eigenvalue weighted by Gasteiger charge is -2.32. The number of nitro groups is 1. The molecule has 0 spiro atoms. The lowest BCUT2D eigenvalue weighted by Crippen LogP contribution is -2.51. The van der Waals surface area contributed by atoms with Crippen molar-refractivity contribution in [2.24, 2.45) is 0 Å². The number of hydrogen-bond donors (Lipinski definition) is 1. The smallest absolute Gasteiger partial charge is 0.269 e. The first-order valence-corrected chi connectivity index (χ1v) is 14.9. The quantitative estimate of drug-likeness (QED) is 0.163. The van der Waals surface area contributed by atoms with Crippen LogP contribution in [0.25, 0.3) is 0 Å². The zero-order valence-electron chi connectivity index (χ0n) is 22.2. The number of nitrogens with zero attached hydrogens (tertiary/aromatic N) is 3. The molecule has 0 heterocycles. The van der Waals surface area contributed by atoms with Gasteiger partial charge in [-0.2, -0.15) is 0 Å². The third-order valence-corrected chi connectivity index (χ3v) is 8.48. The zero-order valence-corrected chi connectivity index (χ0v) is 24.6. The molecule has 1 unspecified atom stereocenters. The summed E-state index contributed by atoms with van der Waals surface area (Å²) in [6, 6.07) is 18.9. The first-order chi connectivity index (χ1) is 19.0. The number of benzene rings is 3. The van der Waals surface area contributed by atoms with Crippen molar-refractivity contribution in [2.45, 2.75) is 44.2 Å². The fourth-order valence-electron chi connectivity index (χ4n) is 3.94. The zero-order chi connectivity index (χ0) is 29.3. The summed E-state index contributed by atoms with van der Waals surface area (Å²) in [6.45, 7) is 3.48. The van der Waals surface area contributed by atoms with Gasteiger partial charge in [0.25, 0.3) is 15.7 Å². The van der Waals surface area contributed by atoms with E-state index in [1.165, 1.54) is 41.3 Å². The van der Waals surface area contributed by atoms with E-state index in [1.54, 1.807) is 31.2 Å². The molecule has 1 N–H and O–H groups in total. The summed E-state index contributed by atoms with van der Waals surface area (Å²) in [5.41, 5.74) is 0.592. The van der Waals surface area contributed by atoms with Crippen LogP contribution in [-0.2, 0) is 26.2 Å². The predicted molar refractivity (Wildman–Crippen MR) is 156 cm³/mol. The Morgan fingerprint density at radius 3 is 2.30 bits per heavy atom. The number of nitrogens with one attached hydrogen (secondary N) is 1. The highest BCUT2D eigenvalue weighted by Crippen LogP contribution is 2.26. The topological polar surface area (TPSA) is 130 Å². The molecule has 0 aromatic heterocycles. The van der Waals surface area contributed by atoms with Crippen LogP contribution in [0, 0.1) is 10.1 Å². The van der Waals surface area contributed by atoms with Gasteiger partial charge in [0.2, 0.25) is 11.8 Å². The molecule has 0 aliphatic carbocycles. The van der Waals surface area contributed by atoms with Crippen molar-refractivity contribution in [3.63, 3.8) is 0 Å². The number of non-ortho nitro benzene ring substituents is 1. The van der Waals surface area contributed by atoms with Crippen molar-refractivity contribution in [3.8, 4) is 0 Å². The number of amides is 2. The Morgan fingerprint density at radius 1 is 1.02 bits per heavy atom. The van der Waals surface area contributed by atoms with E-state index in [4.69, 9.17) is 0 Å². The predicted octanol–water partition coefficient (Wildman–Crippen LogP) is 4.89. The summed E-state index contributed by atoms with van der Waals surface area (Å²) in [5, 5.41) is 14.0. The third kappa shape index (κ3) is 7.89. The Kier molecular flexibility index (Phi) is 10.8. The van der Waals surface area contributed by atoms with Crippen molar-refractivity contribution in [2.75, 3.05) is 17.4 Å². The Balaban J connectivity index is 2.01. The molecule has 2 amide bonds. The monoisotopic (exact) mass is 630 g/mol. The maximum absolute atomic E-state index is 13.9. The minimum absolute atomic E-state index is 0.0509. The first-order valence-electron chi connectivity index (χ1n) is 12.7. The summed E-state index contributed by atoms with van der Waals surface area (Å²) >= 11 is 3.42. The Bertz CT molecular complexity index is 1430. The van der Waals surface area contributed by atoms with E-state index in [2.05, 4.69) is 21.2 Å². The SMILES string of the molecule is CCCCNC(=O)C(C)N(Cc1cccc(Br)c1)C(=O)CN(c1ccc([N+](=O)[O-])cc1)S(=O)(=O)c1ccccc1. The number of rotatable bonds is 13. The van der Waals surface area contributed by atoms with E-state index < -0.39 is 33.4 Å². The van der Waals surface area contributed by atoms with Gasteiger partial charge >= 0.3 is 0 Å². The van der Waals surface area contributed by atoms with Gasteiger partial charge in [-0.25, -0.2) is 8.42 Å². The van der Waals surface area contributed by atoms with Gasteiger partial charge < -0.3 is 10.2 Å². The highest BCUT2D eigenvalue weighted by atomic mass is 79.9. The minimum Gasteiger partial charge on any atom is -0.354 e. The Hall–Kier alpha value is -3.77. The molecule has 1 atom stereocenters. The van der Waals surface area contributed by atoms with Crippen LogP contribution in [0.3, 0.4) is 0 Å². The molecular weight excluding hydrogens is 600 g/mol. The van der Waals surface area contributed by atoms with Gasteiger partial charge in [0.15, 0.2) is 0 Å². The van der Waals surface area contributed by atoms with Gasteiger partial charge in [0, 0.05) is 29.7 Å². The first kappa shape index (κ1) is 30.8. The summed E-state index contributed by atoms with van der Waals surface area (Å²) in [7, 11) is -4.25. The van der Waals surface area contributed by atoms with E-state index in [-0.39, 0.29) is 28.7 Å². The second-order valence-electron chi connectivity index (χ2n) is 9.07. The summed E-state index contributed by atoms with van der Waals surface area (Å²) in [5.74, 6) is -0.972. The lowest BCUT2D eigenvalue weighted by molar-refractivity contribution is -0.384. The van der Waals surface area contributed by atoms with Crippen molar-refractivity contribution in [1.29, 1.82) is 0 Å². The minimum atomic E-state index is -4.25. The molecule has 12 heteroatoms. The van der Waals surface area contributed by atoms with E-state index in [1.807, 2.05) is 25.1 Å². The van der Waals surface area contributed by atoms with E-state index >= 15 is 0 Å². The number of carbonyl (C=O) groups is 2. The maximum Gasteiger partial charge on any atom is 0.269 e. The molecule has 0 fully saturated rings. The fraction of sp³-hybridized carbons (Fsp3) is 0.286. The summed E-state index contributed by atoms with van der Waals surface area (Å²) in [4.78, 5) is 38.7. The molecule has 0 saturated heterocycles. The number of nitro benzene ring substituents is 1. The number of unbranched alkanes of at least 4 members (excludes halogenated alkanes) is 1. The standard InChI is InChI=1S/C28H31BrN4O6S/c1-3-4-17-30-28(35)21(2)31(19-22-9-8-10-23(29)18-22)27(34)20-32(24-13-15-25(16-14-24)33(36)37)40(38,39)26-11-6-5-7-12-26/h5-16,18,21H,3-4,17,19-20H2,1-2H3,(H,30,35). The van der Waals surface area contributed by atoms with Crippen LogP contribution in [-0.4, -0.2) is 49.2 Å². The molecular formula is C28H31BrN4O6S. The molecule has 10 nitrogen and oxygen atoms in total. The highest BCUT2D eigenvalue weighted by Gasteiger charge is 2.32. The van der Waals surface area contributed by atoms with Gasteiger partial charge in [-0.3, -0.25) is 24.0 Å². The van der Waals surface area contributed by atoms with E-state index in [9.17, 15) is 28.1 Å². The van der Waals surface area contributed by atoms with E-state index in [0.29, 0.717) is 6.54 Å². The molecule has 40 heavy (non-hydrogen) atoms. The highest BCUT2D eigenvalue weighted by molar-refractivity contribution is 9.10. The molecule has 0 saturated carbocycles. The number of anilines is 1. The van der Waals surface area contributed by atoms with Gasteiger partial charge in [-0.1, -0.05) is 59.6 Å². The van der Waals surface area contributed by atoms with Crippen molar-refractivity contribution in [1.82, 2.24) is 10.2 Å².